The molecule has 9 heteroatoms. The molecule has 1 atom stereocenters. The maximum Gasteiger partial charge on any atom is 0.417 e. The zero-order valence-corrected chi connectivity index (χ0v) is 20.0. The van der Waals surface area contributed by atoms with Crippen LogP contribution in [0.15, 0.2) is 41.5 Å². The highest BCUT2D eigenvalue weighted by atomic mass is 19.4. The minimum absolute atomic E-state index is 0.0861. The van der Waals surface area contributed by atoms with Crippen LogP contribution in [0.25, 0.3) is 0 Å². The Hall–Kier alpha value is -2.03. The van der Waals surface area contributed by atoms with E-state index in [1.165, 1.54) is 40.9 Å². The van der Waals surface area contributed by atoms with E-state index in [0.29, 0.717) is 6.08 Å². The van der Waals surface area contributed by atoms with E-state index in [2.05, 4.69) is 0 Å². The van der Waals surface area contributed by atoms with Crippen molar-refractivity contribution in [3.05, 3.63) is 52.9 Å². The average molecular weight is 487 g/mol. The first-order valence-electron chi connectivity index (χ1n) is 10.5. The van der Waals surface area contributed by atoms with Gasteiger partial charge < -0.3 is 9.84 Å². The van der Waals surface area contributed by atoms with Crippen LogP contribution < -0.4 is 4.74 Å². The predicted octanol–water partition coefficient (Wildman–Crippen LogP) is 8.06. The fraction of sp³-hybridized carbons (Fsp3) is 0.583. The van der Waals surface area contributed by atoms with E-state index in [1.807, 2.05) is 13.8 Å². The van der Waals surface area contributed by atoms with E-state index in [1.54, 1.807) is 0 Å². The summed E-state index contributed by atoms with van der Waals surface area (Å²) >= 11 is 0. The van der Waals surface area contributed by atoms with E-state index in [4.69, 9.17) is 4.74 Å². The number of halogens is 7. The van der Waals surface area contributed by atoms with Gasteiger partial charge in [0.1, 0.15) is 11.6 Å². The molecule has 0 fully saturated rings. The van der Waals surface area contributed by atoms with E-state index in [0.717, 1.165) is 18.2 Å². The molecule has 1 aromatic rings. The first-order valence-corrected chi connectivity index (χ1v) is 10.5. The SMILES string of the molecule is CC.CC/C(=C\C=C(/C)CC(O)(CC(C)(C)c1cc(F)ccc1OC)C(F)(F)F)C(F)(F)F. The van der Waals surface area contributed by atoms with Crippen molar-refractivity contribution in [3.63, 3.8) is 0 Å². The Labute approximate surface area is 191 Å². The lowest BCUT2D eigenvalue weighted by atomic mass is 9.72. The Bertz CT molecular complexity index is 821. The van der Waals surface area contributed by atoms with Gasteiger partial charge in [0, 0.05) is 17.6 Å². The first-order chi connectivity index (χ1) is 15.0. The van der Waals surface area contributed by atoms with Crippen LogP contribution in [0, 0.1) is 5.82 Å². The Morgan fingerprint density at radius 1 is 1.03 bits per heavy atom. The minimum atomic E-state index is -5.08. The summed E-state index contributed by atoms with van der Waals surface area (Å²) in [5.41, 5.74) is -5.49. The van der Waals surface area contributed by atoms with Crippen molar-refractivity contribution >= 4 is 0 Å². The van der Waals surface area contributed by atoms with Gasteiger partial charge in [-0.1, -0.05) is 52.3 Å². The van der Waals surface area contributed by atoms with Gasteiger partial charge >= 0.3 is 12.4 Å². The third kappa shape index (κ3) is 8.68. The lowest BCUT2D eigenvalue weighted by Gasteiger charge is -2.38. The van der Waals surface area contributed by atoms with Gasteiger partial charge in [0.15, 0.2) is 5.60 Å². The fourth-order valence-corrected chi connectivity index (χ4v) is 3.47. The Morgan fingerprint density at radius 2 is 1.58 bits per heavy atom. The van der Waals surface area contributed by atoms with Crippen LogP contribution in [0.3, 0.4) is 0 Å². The van der Waals surface area contributed by atoms with Crippen molar-refractivity contribution in [2.45, 2.75) is 84.2 Å². The number of allylic oxidation sites excluding steroid dienone is 3. The molecule has 190 valence electrons. The van der Waals surface area contributed by atoms with Gasteiger partial charge in [0.2, 0.25) is 0 Å². The maximum absolute atomic E-state index is 13.8. The number of methoxy groups -OCH3 is 1. The molecule has 0 aliphatic carbocycles. The second-order valence-electron chi connectivity index (χ2n) is 8.17. The van der Waals surface area contributed by atoms with Crippen LogP contribution in [-0.2, 0) is 5.41 Å². The summed E-state index contributed by atoms with van der Waals surface area (Å²) in [5, 5.41) is 10.6. The number of rotatable bonds is 8. The maximum atomic E-state index is 13.8. The van der Waals surface area contributed by atoms with Gasteiger partial charge in [-0.25, -0.2) is 4.39 Å². The summed E-state index contributed by atoms with van der Waals surface area (Å²) in [5.74, 6) is -0.524. The topological polar surface area (TPSA) is 29.5 Å². The molecule has 2 nitrogen and oxygen atoms in total. The summed E-state index contributed by atoms with van der Waals surface area (Å²) in [4.78, 5) is 0. The Balaban J connectivity index is 0.00000497. The summed E-state index contributed by atoms with van der Waals surface area (Å²) in [6.45, 7) is 9.30. The molecule has 0 saturated heterocycles. The predicted molar refractivity (Wildman–Crippen MR) is 116 cm³/mol. The summed E-state index contributed by atoms with van der Waals surface area (Å²) < 4.78 is 98.9. The van der Waals surface area contributed by atoms with Crippen LogP contribution in [0.5, 0.6) is 5.75 Å². The second kappa shape index (κ2) is 11.9. The Morgan fingerprint density at radius 3 is 2.00 bits per heavy atom. The first kappa shape index (κ1) is 31.0. The highest BCUT2D eigenvalue weighted by molar-refractivity contribution is 5.40. The molecule has 0 spiro atoms. The third-order valence-electron chi connectivity index (χ3n) is 5.04. The smallest absolute Gasteiger partial charge is 0.417 e. The molecule has 1 unspecified atom stereocenters. The van der Waals surface area contributed by atoms with Crippen LogP contribution in [0.2, 0.25) is 0 Å². The van der Waals surface area contributed by atoms with Gasteiger partial charge in [-0.15, -0.1) is 0 Å². The van der Waals surface area contributed by atoms with Gasteiger partial charge in [-0.3, -0.25) is 0 Å². The summed E-state index contributed by atoms with van der Waals surface area (Å²) in [6.07, 6.45) is -10.2. The van der Waals surface area contributed by atoms with Crippen molar-refractivity contribution in [1.82, 2.24) is 0 Å². The Kier molecular flexibility index (Phi) is 11.2. The molecule has 0 aliphatic heterocycles. The van der Waals surface area contributed by atoms with Crippen molar-refractivity contribution in [2.75, 3.05) is 7.11 Å². The molecule has 0 heterocycles. The van der Waals surface area contributed by atoms with Crippen LogP contribution >= 0.6 is 0 Å². The minimum Gasteiger partial charge on any atom is -0.496 e. The standard InChI is InChI=1S/C22H27F7O2.C2H6/c1-6-15(21(24,25)26)8-7-14(2)12-20(30,22(27,28)29)13-19(3,4)17-11-16(23)9-10-18(17)31-5;1-2/h7-11,30H,6,12-13H2,1-5H3;1-2H3/b14-7+,15-8+;. The monoisotopic (exact) mass is 486 g/mol. The average Bonchev–Trinajstić information content (AvgIpc) is 2.67. The van der Waals surface area contributed by atoms with Crippen molar-refractivity contribution < 1.29 is 40.6 Å². The number of alkyl halides is 6. The number of ether oxygens (including phenoxy) is 1. The molecule has 0 aliphatic rings. The number of hydrogen-bond acceptors (Lipinski definition) is 2. The van der Waals surface area contributed by atoms with Crippen molar-refractivity contribution in [2.24, 2.45) is 0 Å². The van der Waals surface area contributed by atoms with Gasteiger partial charge in [-0.2, -0.15) is 26.3 Å². The van der Waals surface area contributed by atoms with Crippen LogP contribution in [-0.4, -0.2) is 30.2 Å². The van der Waals surface area contributed by atoms with E-state index >= 15 is 0 Å². The summed E-state index contributed by atoms with van der Waals surface area (Å²) in [6, 6.07) is 3.41. The molecular formula is C24H33F7O2. The normalized spacial score (nSPS) is 15.5. The molecule has 0 aromatic heterocycles. The molecule has 0 bridgehead atoms. The molecular weight excluding hydrogens is 453 g/mol. The quantitative estimate of drug-likeness (QED) is 0.298. The third-order valence-corrected chi connectivity index (χ3v) is 5.04. The summed E-state index contributed by atoms with van der Waals surface area (Å²) in [7, 11) is 1.29. The zero-order chi connectivity index (χ0) is 26.3. The lowest BCUT2D eigenvalue weighted by Crippen LogP contribution is -2.49. The molecule has 0 amide bonds. The van der Waals surface area contributed by atoms with Crippen LogP contribution in [0.4, 0.5) is 30.7 Å². The van der Waals surface area contributed by atoms with Crippen LogP contribution in [0.1, 0.15) is 66.4 Å². The molecule has 1 N–H and O–H groups in total. The molecule has 1 aromatic carbocycles. The number of hydrogen-bond donors (Lipinski definition) is 1. The number of benzene rings is 1. The van der Waals surface area contributed by atoms with Crippen molar-refractivity contribution in [3.8, 4) is 5.75 Å². The van der Waals surface area contributed by atoms with Crippen molar-refractivity contribution in [1.29, 1.82) is 0 Å². The highest BCUT2D eigenvalue weighted by Gasteiger charge is 2.56. The van der Waals surface area contributed by atoms with Gasteiger partial charge in [0.05, 0.1) is 7.11 Å². The molecule has 0 saturated carbocycles. The van der Waals surface area contributed by atoms with Gasteiger partial charge in [0.25, 0.3) is 0 Å². The largest absolute Gasteiger partial charge is 0.496 e. The van der Waals surface area contributed by atoms with E-state index in [9.17, 15) is 35.8 Å². The van der Waals surface area contributed by atoms with E-state index in [-0.39, 0.29) is 23.3 Å². The molecule has 0 radical (unpaired) electrons. The van der Waals surface area contributed by atoms with E-state index < -0.39 is 47.6 Å². The molecule has 33 heavy (non-hydrogen) atoms. The second-order valence-corrected chi connectivity index (χ2v) is 8.17. The number of aliphatic hydroxyl groups is 1. The lowest BCUT2D eigenvalue weighted by molar-refractivity contribution is -0.266. The highest BCUT2D eigenvalue weighted by Crippen LogP contribution is 2.46. The zero-order valence-electron chi connectivity index (χ0n) is 20.0. The van der Waals surface area contributed by atoms with Gasteiger partial charge in [-0.05, 0) is 43.4 Å². The molecule has 1 rings (SSSR count). The fourth-order valence-electron chi connectivity index (χ4n) is 3.47.